The van der Waals surface area contributed by atoms with Crippen molar-refractivity contribution in [2.75, 3.05) is 26.2 Å². The SMILES string of the molecule is C1CNCCN1.Cl.Cl.c1cc[nH]c1. The highest BCUT2D eigenvalue weighted by Crippen LogP contribution is 1.72. The molecule has 0 amide bonds. The Balaban J connectivity index is 0. The fraction of sp³-hybridized carbons (Fsp3) is 0.500. The summed E-state index contributed by atoms with van der Waals surface area (Å²) < 4.78 is 0. The van der Waals surface area contributed by atoms with Gasteiger partial charge in [-0.05, 0) is 12.1 Å². The number of rotatable bonds is 0. The summed E-state index contributed by atoms with van der Waals surface area (Å²) in [7, 11) is 0. The number of hydrogen-bond acceptors (Lipinski definition) is 2. The zero-order valence-electron chi connectivity index (χ0n) is 7.45. The van der Waals surface area contributed by atoms with Gasteiger partial charge in [0.25, 0.3) is 0 Å². The van der Waals surface area contributed by atoms with Crippen LogP contribution in [0.15, 0.2) is 24.5 Å². The van der Waals surface area contributed by atoms with Crippen molar-refractivity contribution in [3.8, 4) is 0 Å². The van der Waals surface area contributed by atoms with E-state index in [9.17, 15) is 0 Å². The summed E-state index contributed by atoms with van der Waals surface area (Å²) in [5, 5.41) is 6.44. The molecule has 1 aromatic heterocycles. The highest BCUT2D eigenvalue weighted by Gasteiger charge is 1.91. The number of halogens is 2. The van der Waals surface area contributed by atoms with Gasteiger partial charge in [0.1, 0.15) is 0 Å². The van der Waals surface area contributed by atoms with E-state index in [4.69, 9.17) is 0 Å². The molecule has 0 bridgehead atoms. The molecule has 0 spiro atoms. The predicted octanol–water partition coefficient (Wildman–Crippen LogP) is 1.04. The highest BCUT2D eigenvalue weighted by molar-refractivity contribution is 5.85. The van der Waals surface area contributed by atoms with Crippen LogP contribution in [-0.4, -0.2) is 31.2 Å². The van der Waals surface area contributed by atoms with Crippen LogP contribution in [0.25, 0.3) is 0 Å². The number of aromatic amines is 1. The summed E-state index contributed by atoms with van der Waals surface area (Å²) in [4.78, 5) is 2.86. The van der Waals surface area contributed by atoms with Crippen LogP contribution in [0.3, 0.4) is 0 Å². The van der Waals surface area contributed by atoms with E-state index in [1.165, 1.54) is 0 Å². The Bertz CT molecular complexity index is 124. The number of nitrogens with one attached hydrogen (secondary N) is 3. The van der Waals surface area contributed by atoms with Crippen LogP contribution in [0.5, 0.6) is 0 Å². The van der Waals surface area contributed by atoms with Gasteiger partial charge in [-0.1, -0.05) is 0 Å². The molecule has 1 fully saturated rings. The minimum atomic E-state index is 0. The van der Waals surface area contributed by atoms with Crippen LogP contribution in [0, 0.1) is 0 Å². The second-order valence-corrected chi connectivity index (χ2v) is 2.38. The number of hydrogen-bond donors (Lipinski definition) is 3. The molecule has 0 aromatic carbocycles. The summed E-state index contributed by atoms with van der Waals surface area (Å²) in [5.74, 6) is 0. The molecule has 0 unspecified atom stereocenters. The second kappa shape index (κ2) is 11.8. The van der Waals surface area contributed by atoms with Gasteiger partial charge in [0.2, 0.25) is 0 Å². The van der Waals surface area contributed by atoms with Crippen LogP contribution in [0.2, 0.25) is 0 Å². The molecule has 2 heterocycles. The van der Waals surface area contributed by atoms with Gasteiger partial charge in [-0.25, -0.2) is 0 Å². The third-order valence-corrected chi connectivity index (χ3v) is 1.45. The van der Waals surface area contributed by atoms with Crippen LogP contribution >= 0.6 is 24.8 Å². The molecule has 0 saturated carbocycles. The molecule has 1 aliphatic rings. The van der Waals surface area contributed by atoms with E-state index < -0.39 is 0 Å². The number of piperazine rings is 1. The van der Waals surface area contributed by atoms with Crippen molar-refractivity contribution in [1.29, 1.82) is 0 Å². The Hall–Kier alpha value is -0.220. The van der Waals surface area contributed by atoms with E-state index in [0.717, 1.165) is 26.2 Å². The van der Waals surface area contributed by atoms with Crippen LogP contribution in [-0.2, 0) is 0 Å². The van der Waals surface area contributed by atoms with Crippen molar-refractivity contribution >= 4 is 24.8 Å². The largest absolute Gasteiger partial charge is 0.368 e. The van der Waals surface area contributed by atoms with Gasteiger partial charge in [0.15, 0.2) is 0 Å². The first kappa shape index (κ1) is 15.3. The molecule has 0 atom stereocenters. The quantitative estimate of drug-likeness (QED) is 0.618. The van der Waals surface area contributed by atoms with E-state index >= 15 is 0 Å². The average Bonchev–Trinajstić information content (AvgIpc) is 2.64. The maximum absolute atomic E-state index is 3.22. The molecule has 1 aliphatic heterocycles. The summed E-state index contributed by atoms with van der Waals surface area (Å²) >= 11 is 0. The summed E-state index contributed by atoms with van der Waals surface area (Å²) in [6.45, 7) is 4.56. The van der Waals surface area contributed by atoms with Gasteiger partial charge in [-0.15, -0.1) is 24.8 Å². The molecule has 1 saturated heterocycles. The summed E-state index contributed by atoms with van der Waals surface area (Å²) in [6, 6.07) is 3.89. The highest BCUT2D eigenvalue weighted by atomic mass is 35.5. The maximum Gasteiger partial charge on any atom is 0.00772 e. The lowest BCUT2D eigenvalue weighted by molar-refractivity contribution is 0.534. The first-order chi connectivity index (χ1) is 5.50. The first-order valence-corrected chi connectivity index (χ1v) is 3.99. The van der Waals surface area contributed by atoms with Crippen LogP contribution in [0.4, 0.5) is 0 Å². The van der Waals surface area contributed by atoms with Crippen LogP contribution < -0.4 is 10.6 Å². The topological polar surface area (TPSA) is 39.8 Å². The van der Waals surface area contributed by atoms with Crippen LogP contribution in [0.1, 0.15) is 0 Å². The minimum absolute atomic E-state index is 0. The van der Waals surface area contributed by atoms with E-state index in [-0.39, 0.29) is 24.8 Å². The first-order valence-electron chi connectivity index (χ1n) is 3.99. The van der Waals surface area contributed by atoms with E-state index in [1.807, 2.05) is 24.5 Å². The Morgan fingerprint density at radius 2 is 1.08 bits per heavy atom. The predicted molar refractivity (Wildman–Crippen MR) is 61.0 cm³/mol. The maximum atomic E-state index is 3.22. The van der Waals surface area contributed by atoms with Crippen molar-refractivity contribution in [1.82, 2.24) is 15.6 Å². The second-order valence-electron chi connectivity index (χ2n) is 2.38. The van der Waals surface area contributed by atoms with Gasteiger partial charge in [0.05, 0.1) is 0 Å². The Kier molecular flexibility index (Phi) is 13.8. The standard InChI is InChI=1S/C4H10N2.C4H5N.2ClH/c1-2-6-4-3-5-1;1-2-4-5-3-1;;/h5-6H,1-4H2;1-5H;2*1H. The molecule has 1 aromatic rings. The van der Waals surface area contributed by atoms with E-state index in [0.29, 0.717) is 0 Å². The Morgan fingerprint density at radius 1 is 0.692 bits per heavy atom. The number of aromatic nitrogens is 1. The van der Waals surface area contributed by atoms with E-state index in [1.54, 1.807) is 0 Å². The number of H-pyrrole nitrogens is 1. The van der Waals surface area contributed by atoms with Gasteiger partial charge in [-0.3, -0.25) is 0 Å². The molecular weight excluding hydrogens is 209 g/mol. The molecule has 5 heteroatoms. The lowest BCUT2D eigenvalue weighted by Gasteiger charge is -2.11. The zero-order valence-corrected chi connectivity index (χ0v) is 9.09. The lowest BCUT2D eigenvalue weighted by atomic mass is 10.4. The fourth-order valence-corrected chi connectivity index (χ4v) is 0.881. The molecule has 13 heavy (non-hydrogen) atoms. The van der Waals surface area contributed by atoms with E-state index in [2.05, 4.69) is 15.6 Å². The molecule has 0 radical (unpaired) electrons. The van der Waals surface area contributed by atoms with Crippen molar-refractivity contribution in [2.24, 2.45) is 0 Å². The molecule has 2 rings (SSSR count). The molecule has 3 N–H and O–H groups in total. The summed E-state index contributed by atoms with van der Waals surface area (Å²) in [6.07, 6.45) is 3.75. The van der Waals surface area contributed by atoms with Gasteiger partial charge < -0.3 is 15.6 Å². The van der Waals surface area contributed by atoms with Crippen molar-refractivity contribution < 1.29 is 0 Å². The Labute approximate surface area is 91.5 Å². The van der Waals surface area contributed by atoms with Crippen molar-refractivity contribution in [3.63, 3.8) is 0 Å². The molecule has 0 aliphatic carbocycles. The lowest BCUT2D eigenvalue weighted by Crippen LogP contribution is -2.39. The fourth-order valence-electron chi connectivity index (χ4n) is 0.881. The van der Waals surface area contributed by atoms with Gasteiger partial charge >= 0.3 is 0 Å². The summed E-state index contributed by atoms with van der Waals surface area (Å²) in [5.41, 5.74) is 0. The van der Waals surface area contributed by atoms with Gasteiger partial charge in [0, 0.05) is 38.6 Å². The monoisotopic (exact) mass is 225 g/mol. The molecule has 78 valence electrons. The molecule has 3 nitrogen and oxygen atoms in total. The Morgan fingerprint density at radius 3 is 1.23 bits per heavy atom. The molecular formula is C8H17Cl2N3. The average molecular weight is 226 g/mol. The third kappa shape index (κ3) is 9.70. The third-order valence-electron chi connectivity index (χ3n) is 1.45. The smallest absolute Gasteiger partial charge is 0.00772 e. The van der Waals surface area contributed by atoms with Crippen molar-refractivity contribution in [3.05, 3.63) is 24.5 Å². The van der Waals surface area contributed by atoms with Gasteiger partial charge in [-0.2, -0.15) is 0 Å². The normalized spacial score (nSPS) is 14.2. The van der Waals surface area contributed by atoms with Crippen molar-refractivity contribution in [2.45, 2.75) is 0 Å². The minimum Gasteiger partial charge on any atom is -0.368 e. The zero-order chi connectivity index (χ0) is 7.78.